The molecule has 2 rings (SSSR count). The molecule has 0 atom stereocenters. The number of aromatic nitrogens is 2. The van der Waals surface area contributed by atoms with Crippen molar-refractivity contribution in [2.75, 3.05) is 4.90 Å². The maximum atomic E-state index is 12.4. The molecule has 1 aromatic heterocycles. The molecule has 22 heavy (non-hydrogen) atoms. The van der Waals surface area contributed by atoms with Crippen molar-refractivity contribution in [3.05, 3.63) is 29.8 Å². The minimum atomic E-state index is 0.0858. The van der Waals surface area contributed by atoms with Crippen LogP contribution in [0.2, 0.25) is 0 Å². The minimum Gasteiger partial charge on any atom is -0.284 e. The predicted octanol–water partition coefficient (Wildman–Crippen LogP) is 4.45. The van der Waals surface area contributed by atoms with Crippen LogP contribution >= 0.6 is 11.3 Å². The van der Waals surface area contributed by atoms with Gasteiger partial charge >= 0.3 is 0 Å². The van der Waals surface area contributed by atoms with Gasteiger partial charge in [-0.1, -0.05) is 48.4 Å². The number of rotatable bonds is 6. The van der Waals surface area contributed by atoms with E-state index in [2.05, 4.69) is 36.2 Å². The molecule has 0 radical (unpaired) electrons. The molecule has 0 fully saturated rings. The fourth-order valence-electron chi connectivity index (χ4n) is 2.27. The third-order valence-electron chi connectivity index (χ3n) is 3.41. The second-order valence-electron chi connectivity index (χ2n) is 5.72. The molecule has 0 N–H and O–H groups in total. The van der Waals surface area contributed by atoms with Gasteiger partial charge in [0.1, 0.15) is 5.01 Å². The van der Waals surface area contributed by atoms with Crippen LogP contribution in [0.3, 0.4) is 0 Å². The van der Waals surface area contributed by atoms with Gasteiger partial charge in [-0.2, -0.15) is 0 Å². The van der Waals surface area contributed by atoms with Crippen molar-refractivity contribution in [2.24, 2.45) is 0 Å². The first-order valence-corrected chi connectivity index (χ1v) is 8.57. The summed E-state index contributed by atoms with van der Waals surface area (Å²) in [6.07, 6.45) is 2.49. The Labute approximate surface area is 136 Å². The highest BCUT2D eigenvalue weighted by atomic mass is 32.1. The molecule has 1 amide bonds. The molecule has 118 valence electrons. The van der Waals surface area contributed by atoms with Crippen molar-refractivity contribution in [3.63, 3.8) is 0 Å². The molecule has 0 spiro atoms. The van der Waals surface area contributed by atoms with Crippen molar-refractivity contribution in [2.45, 2.75) is 53.0 Å². The van der Waals surface area contributed by atoms with Gasteiger partial charge < -0.3 is 0 Å². The van der Waals surface area contributed by atoms with E-state index in [1.54, 1.807) is 4.90 Å². The number of anilines is 1. The van der Waals surface area contributed by atoms with Crippen LogP contribution in [0.15, 0.2) is 24.3 Å². The van der Waals surface area contributed by atoms with E-state index < -0.39 is 0 Å². The van der Waals surface area contributed by atoms with E-state index in [0.717, 1.165) is 23.4 Å². The molecular formula is C17H23N3OS. The summed E-state index contributed by atoms with van der Waals surface area (Å²) in [5.74, 6) is 0.129. The van der Waals surface area contributed by atoms with E-state index in [1.165, 1.54) is 16.9 Å². The second-order valence-corrected chi connectivity index (χ2v) is 6.68. The molecule has 0 unspecified atom stereocenters. The Balaban J connectivity index is 2.25. The van der Waals surface area contributed by atoms with Crippen molar-refractivity contribution < 1.29 is 4.79 Å². The second kappa shape index (κ2) is 7.49. The topological polar surface area (TPSA) is 46.1 Å². The van der Waals surface area contributed by atoms with Crippen LogP contribution in [0.4, 0.5) is 5.13 Å². The average Bonchev–Trinajstić information content (AvgIpc) is 2.94. The van der Waals surface area contributed by atoms with Crippen molar-refractivity contribution in [3.8, 4) is 10.6 Å². The summed E-state index contributed by atoms with van der Waals surface area (Å²) < 4.78 is 0. The zero-order valence-corrected chi connectivity index (χ0v) is 14.5. The number of amides is 1. The highest BCUT2D eigenvalue weighted by Crippen LogP contribution is 2.30. The number of carbonyl (C=O) groups is 1. The number of nitrogens with zero attached hydrogens (tertiary/aromatic N) is 3. The molecule has 5 heteroatoms. The number of carbonyl (C=O) groups excluding carboxylic acids is 1. The standard InChI is InChI=1S/C17H23N3OS/c1-5-6-10-15(21)20(12(2)3)17-19-18-16(22-17)14-9-7-8-13(4)11-14/h7-9,11-12H,5-6,10H2,1-4H3. The van der Waals surface area contributed by atoms with E-state index in [9.17, 15) is 4.79 Å². The lowest BCUT2D eigenvalue weighted by molar-refractivity contribution is -0.119. The van der Waals surface area contributed by atoms with Crippen LogP contribution in [0.25, 0.3) is 10.6 Å². The molecule has 4 nitrogen and oxygen atoms in total. The summed E-state index contributed by atoms with van der Waals surface area (Å²) in [4.78, 5) is 14.2. The largest absolute Gasteiger partial charge is 0.284 e. The van der Waals surface area contributed by atoms with Gasteiger partial charge in [0.15, 0.2) is 0 Å². The van der Waals surface area contributed by atoms with Crippen molar-refractivity contribution >= 4 is 22.4 Å². The number of benzene rings is 1. The summed E-state index contributed by atoms with van der Waals surface area (Å²) >= 11 is 1.48. The molecular weight excluding hydrogens is 294 g/mol. The van der Waals surface area contributed by atoms with Gasteiger partial charge in [-0.15, -0.1) is 10.2 Å². The molecule has 0 saturated carbocycles. The Bertz CT molecular complexity index is 636. The predicted molar refractivity (Wildman–Crippen MR) is 92.2 cm³/mol. The maximum absolute atomic E-state index is 12.4. The van der Waals surface area contributed by atoms with E-state index >= 15 is 0 Å². The number of aryl methyl sites for hydroxylation is 1. The van der Waals surface area contributed by atoms with Crippen LogP contribution in [0, 0.1) is 6.92 Å². The normalized spacial score (nSPS) is 11.0. The van der Waals surface area contributed by atoms with Crippen LogP contribution < -0.4 is 4.90 Å². The lowest BCUT2D eigenvalue weighted by Gasteiger charge is -2.23. The molecule has 0 aliphatic carbocycles. The summed E-state index contributed by atoms with van der Waals surface area (Å²) in [6.45, 7) is 8.17. The van der Waals surface area contributed by atoms with Gasteiger partial charge in [0, 0.05) is 18.0 Å². The van der Waals surface area contributed by atoms with Gasteiger partial charge in [0.05, 0.1) is 0 Å². The monoisotopic (exact) mass is 317 g/mol. The van der Waals surface area contributed by atoms with Crippen molar-refractivity contribution in [1.29, 1.82) is 0 Å². The third-order valence-corrected chi connectivity index (χ3v) is 4.39. The number of unbranched alkanes of at least 4 members (excludes halogenated alkanes) is 1. The Kier molecular flexibility index (Phi) is 5.66. The average molecular weight is 317 g/mol. The first-order chi connectivity index (χ1) is 10.5. The zero-order valence-electron chi connectivity index (χ0n) is 13.7. The molecule has 0 aliphatic heterocycles. The van der Waals surface area contributed by atoms with E-state index in [-0.39, 0.29) is 11.9 Å². The van der Waals surface area contributed by atoms with Gasteiger partial charge in [0.25, 0.3) is 0 Å². The summed E-state index contributed by atoms with van der Waals surface area (Å²) in [6, 6.07) is 8.26. The highest BCUT2D eigenvalue weighted by molar-refractivity contribution is 7.18. The lowest BCUT2D eigenvalue weighted by Crippen LogP contribution is -2.36. The first-order valence-electron chi connectivity index (χ1n) is 7.75. The molecule has 2 aromatic rings. The van der Waals surface area contributed by atoms with Crippen LogP contribution in [-0.4, -0.2) is 22.1 Å². The number of hydrogen-bond acceptors (Lipinski definition) is 4. The minimum absolute atomic E-state index is 0.0858. The van der Waals surface area contributed by atoms with Crippen LogP contribution in [0.5, 0.6) is 0 Å². The molecule has 0 aliphatic rings. The van der Waals surface area contributed by atoms with Gasteiger partial charge in [0.2, 0.25) is 11.0 Å². The Morgan fingerprint density at radius 3 is 2.73 bits per heavy atom. The molecule has 1 aromatic carbocycles. The van der Waals surface area contributed by atoms with Crippen LogP contribution in [0.1, 0.15) is 45.6 Å². The van der Waals surface area contributed by atoms with Crippen molar-refractivity contribution in [1.82, 2.24) is 10.2 Å². The Morgan fingerprint density at radius 2 is 2.09 bits per heavy atom. The van der Waals surface area contributed by atoms with E-state index in [4.69, 9.17) is 0 Å². The Hall–Kier alpha value is -1.75. The number of hydrogen-bond donors (Lipinski definition) is 0. The quantitative estimate of drug-likeness (QED) is 0.791. The van der Waals surface area contributed by atoms with Gasteiger partial charge in [-0.3, -0.25) is 9.69 Å². The SMILES string of the molecule is CCCCC(=O)N(c1nnc(-c2cccc(C)c2)s1)C(C)C. The van der Waals surface area contributed by atoms with Crippen LogP contribution in [-0.2, 0) is 4.79 Å². The van der Waals surface area contributed by atoms with Gasteiger partial charge in [-0.05, 0) is 33.3 Å². The summed E-state index contributed by atoms with van der Waals surface area (Å²) in [5.41, 5.74) is 2.24. The smallest absolute Gasteiger partial charge is 0.229 e. The summed E-state index contributed by atoms with van der Waals surface area (Å²) in [5, 5.41) is 10.1. The maximum Gasteiger partial charge on any atom is 0.229 e. The third kappa shape index (κ3) is 3.91. The fourth-order valence-corrected chi connectivity index (χ4v) is 3.26. The van der Waals surface area contributed by atoms with Gasteiger partial charge in [-0.25, -0.2) is 0 Å². The fraction of sp³-hybridized carbons (Fsp3) is 0.471. The lowest BCUT2D eigenvalue weighted by atomic mass is 10.1. The first kappa shape index (κ1) is 16.6. The highest BCUT2D eigenvalue weighted by Gasteiger charge is 2.22. The summed E-state index contributed by atoms with van der Waals surface area (Å²) in [7, 11) is 0. The van der Waals surface area contributed by atoms with E-state index in [1.807, 2.05) is 26.0 Å². The molecule has 1 heterocycles. The Morgan fingerprint density at radius 1 is 1.32 bits per heavy atom. The molecule has 0 bridgehead atoms. The molecule has 0 saturated heterocycles. The van der Waals surface area contributed by atoms with E-state index in [0.29, 0.717) is 11.6 Å². The zero-order chi connectivity index (χ0) is 16.1.